The van der Waals surface area contributed by atoms with E-state index in [9.17, 15) is 5.11 Å². The number of nitrogens with zero attached hydrogens (tertiary/aromatic N) is 1. The lowest BCUT2D eigenvalue weighted by molar-refractivity contribution is 0.477. The summed E-state index contributed by atoms with van der Waals surface area (Å²) in [6.45, 7) is 1.94. The Hall–Kier alpha value is -2.04. The molecule has 3 aromatic rings. The number of aryl methyl sites for hydroxylation is 1. The number of phenols is 1. The van der Waals surface area contributed by atoms with Crippen LogP contribution in [0.15, 0.2) is 47.8 Å². The van der Waals surface area contributed by atoms with Gasteiger partial charge in [0.05, 0.1) is 11.4 Å². The minimum Gasteiger partial charge on any atom is -0.506 e. The first-order valence-corrected chi connectivity index (χ1v) is 7.66. The van der Waals surface area contributed by atoms with Crippen molar-refractivity contribution in [1.29, 1.82) is 0 Å². The first-order chi connectivity index (χ1) is 10.1. The van der Waals surface area contributed by atoms with Gasteiger partial charge in [-0.25, -0.2) is 4.98 Å². The first-order valence-electron chi connectivity index (χ1n) is 6.40. The number of phenolic OH excluding ortho intramolecular Hbond substituents is 1. The van der Waals surface area contributed by atoms with E-state index in [0.29, 0.717) is 10.7 Å². The van der Waals surface area contributed by atoms with E-state index in [0.717, 1.165) is 22.0 Å². The number of anilines is 2. The Morgan fingerprint density at radius 1 is 1.14 bits per heavy atom. The van der Waals surface area contributed by atoms with E-state index >= 15 is 0 Å². The molecule has 0 saturated heterocycles. The molecule has 0 bridgehead atoms. The molecule has 0 aliphatic rings. The van der Waals surface area contributed by atoms with Gasteiger partial charge < -0.3 is 10.4 Å². The normalized spacial score (nSPS) is 10.6. The number of hydrogen-bond acceptors (Lipinski definition) is 4. The van der Waals surface area contributed by atoms with Crippen LogP contribution in [0.1, 0.15) is 5.56 Å². The van der Waals surface area contributed by atoms with Gasteiger partial charge in [0.1, 0.15) is 5.75 Å². The molecule has 0 aliphatic carbocycles. The average Bonchev–Trinajstić information content (AvgIpc) is 2.91. The number of thiazole rings is 1. The van der Waals surface area contributed by atoms with Gasteiger partial charge in [0.25, 0.3) is 0 Å². The topological polar surface area (TPSA) is 45.2 Å². The fraction of sp³-hybridized carbons (Fsp3) is 0.0625. The summed E-state index contributed by atoms with van der Waals surface area (Å²) in [5.41, 5.74) is 3.55. The maximum atomic E-state index is 9.91. The minimum absolute atomic E-state index is 0.221. The smallest absolute Gasteiger partial charge is 0.187 e. The highest BCUT2D eigenvalue weighted by Crippen LogP contribution is 2.31. The van der Waals surface area contributed by atoms with Crippen LogP contribution in [0.4, 0.5) is 10.8 Å². The van der Waals surface area contributed by atoms with Gasteiger partial charge in [-0.1, -0.05) is 29.8 Å². The van der Waals surface area contributed by atoms with Gasteiger partial charge in [0, 0.05) is 16.0 Å². The monoisotopic (exact) mass is 316 g/mol. The van der Waals surface area contributed by atoms with E-state index in [1.807, 2.05) is 48.7 Å². The maximum Gasteiger partial charge on any atom is 0.187 e. The molecule has 2 aromatic carbocycles. The number of rotatable bonds is 3. The number of benzene rings is 2. The molecule has 0 unspecified atom stereocenters. The van der Waals surface area contributed by atoms with Crippen LogP contribution < -0.4 is 5.32 Å². The summed E-state index contributed by atoms with van der Waals surface area (Å²) >= 11 is 7.37. The summed E-state index contributed by atoms with van der Waals surface area (Å²) in [6, 6.07) is 13.1. The lowest BCUT2D eigenvalue weighted by Gasteiger charge is -2.05. The van der Waals surface area contributed by atoms with Crippen molar-refractivity contribution in [1.82, 2.24) is 4.98 Å². The van der Waals surface area contributed by atoms with Gasteiger partial charge in [-0.15, -0.1) is 11.3 Å². The lowest BCUT2D eigenvalue weighted by atomic mass is 10.2. The molecular formula is C16H13ClN2OS. The van der Waals surface area contributed by atoms with Gasteiger partial charge >= 0.3 is 0 Å². The molecule has 1 heterocycles. The van der Waals surface area contributed by atoms with Gasteiger partial charge in [-0.3, -0.25) is 0 Å². The van der Waals surface area contributed by atoms with Crippen LogP contribution >= 0.6 is 22.9 Å². The Balaban J connectivity index is 1.83. The lowest BCUT2D eigenvalue weighted by Crippen LogP contribution is -1.90. The van der Waals surface area contributed by atoms with Crippen LogP contribution in [-0.2, 0) is 0 Å². The zero-order chi connectivity index (χ0) is 14.8. The number of halogens is 1. The largest absolute Gasteiger partial charge is 0.506 e. The molecule has 0 fully saturated rings. The van der Waals surface area contributed by atoms with Crippen LogP contribution in [0.3, 0.4) is 0 Å². The molecule has 0 aliphatic heterocycles. The fourth-order valence-electron chi connectivity index (χ4n) is 1.95. The standard InChI is InChI=1S/C16H13ClN2OS/c1-10-2-7-13(15(20)8-10)18-16-19-14(9-21-16)11-3-5-12(17)6-4-11/h2-9,20H,1H3,(H,18,19). The fourth-order valence-corrected chi connectivity index (χ4v) is 2.80. The van der Waals surface area contributed by atoms with E-state index < -0.39 is 0 Å². The molecule has 3 nitrogen and oxygen atoms in total. The second kappa shape index (κ2) is 5.76. The summed E-state index contributed by atoms with van der Waals surface area (Å²) in [5, 5.41) is 16.4. The number of nitrogens with one attached hydrogen (secondary N) is 1. The second-order valence-electron chi connectivity index (χ2n) is 4.69. The van der Waals surface area contributed by atoms with Crippen molar-refractivity contribution in [2.75, 3.05) is 5.32 Å². The quantitative estimate of drug-likeness (QED) is 0.651. The van der Waals surface area contributed by atoms with Crippen molar-refractivity contribution in [2.24, 2.45) is 0 Å². The van der Waals surface area contributed by atoms with Gasteiger partial charge in [-0.05, 0) is 36.8 Å². The molecule has 3 rings (SSSR count). The zero-order valence-corrected chi connectivity index (χ0v) is 12.9. The van der Waals surface area contributed by atoms with Crippen LogP contribution in [-0.4, -0.2) is 10.1 Å². The van der Waals surface area contributed by atoms with E-state index in [4.69, 9.17) is 11.6 Å². The maximum absolute atomic E-state index is 9.91. The highest BCUT2D eigenvalue weighted by molar-refractivity contribution is 7.14. The van der Waals surface area contributed by atoms with Crippen molar-refractivity contribution >= 4 is 33.8 Å². The first kappa shape index (κ1) is 13.9. The summed E-state index contributed by atoms with van der Waals surface area (Å²) in [5.74, 6) is 0.221. The third kappa shape index (κ3) is 3.17. The predicted molar refractivity (Wildman–Crippen MR) is 88.7 cm³/mol. The highest BCUT2D eigenvalue weighted by Gasteiger charge is 2.07. The van der Waals surface area contributed by atoms with Crippen molar-refractivity contribution in [2.45, 2.75) is 6.92 Å². The van der Waals surface area contributed by atoms with E-state index in [2.05, 4.69) is 10.3 Å². The Morgan fingerprint density at radius 3 is 2.62 bits per heavy atom. The minimum atomic E-state index is 0.221. The zero-order valence-electron chi connectivity index (χ0n) is 11.3. The van der Waals surface area contributed by atoms with Crippen LogP contribution in [0, 0.1) is 6.92 Å². The summed E-state index contributed by atoms with van der Waals surface area (Å²) in [4.78, 5) is 4.52. The van der Waals surface area contributed by atoms with Crippen LogP contribution in [0.2, 0.25) is 5.02 Å². The molecular weight excluding hydrogens is 304 g/mol. The van der Waals surface area contributed by atoms with Gasteiger partial charge in [-0.2, -0.15) is 0 Å². The summed E-state index contributed by atoms with van der Waals surface area (Å²) in [6.07, 6.45) is 0. The third-order valence-electron chi connectivity index (χ3n) is 3.04. The Morgan fingerprint density at radius 2 is 1.90 bits per heavy atom. The van der Waals surface area contributed by atoms with E-state index in [-0.39, 0.29) is 5.75 Å². The summed E-state index contributed by atoms with van der Waals surface area (Å²) in [7, 11) is 0. The van der Waals surface area contributed by atoms with Crippen molar-refractivity contribution in [3.8, 4) is 17.0 Å². The van der Waals surface area contributed by atoms with Gasteiger partial charge in [0.15, 0.2) is 5.13 Å². The Kier molecular flexibility index (Phi) is 3.82. The number of hydrogen-bond donors (Lipinski definition) is 2. The number of aromatic nitrogens is 1. The second-order valence-corrected chi connectivity index (χ2v) is 5.98. The SMILES string of the molecule is Cc1ccc(Nc2nc(-c3ccc(Cl)cc3)cs2)c(O)c1. The highest BCUT2D eigenvalue weighted by atomic mass is 35.5. The molecule has 0 spiro atoms. The number of aromatic hydroxyl groups is 1. The Bertz CT molecular complexity index is 768. The molecule has 0 radical (unpaired) electrons. The third-order valence-corrected chi connectivity index (χ3v) is 4.05. The van der Waals surface area contributed by atoms with E-state index in [1.54, 1.807) is 6.07 Å². The average molecular weight is 317 g/mol. The molecule has 1 aromatic heterocycles. The summed E-state index contributed by atoms with van der Waals surface area (Å²) < 4.78 is 0. The molecule has 0 atom stereocenters. The van der Waals surface area contributed by atoms with Crippen molar-refractivity contribution in [3.63, 3.8) is 0 Å². The Labute approximate surface area is 131 Å². The van der Waals surface area contributed by atoms with E-state index in [1.165, 1.54) is 11.3 Å². The molecule has 106 valence electrons. The van der Waals surface area contributed by atoms with Crippen molar-refractivity contribution in [3.05, 3.63) is 58.4 Å². The van der Waals surface area contributed by atoms with Crippen LogP contribution in [0.5, 0.6) is 5.75 Å². The van der Waals surface area contributed by atoms with Crippen molar-refractivity contribution < 1.29 is 5.11 Å². The van der Waals surface area contributed by atoms with Gasteiger partial charge in [0.2, 0.25) is 0 Å². The molecule has 5 heteroatoms. The molecule has 0 amide bonds. The predicted octanol–water partition coefficient (Wildman–Crippen LogP) is 5.22. The van der Waals surface area contributed by atoms with Crippen LogP contribution in [0.25, 0.3) is 11.3 Å². The molecule has 0 saturated carbocycles. The molecule has 2 N–H and O–H groups in total. The molecule has 21 heavy (non-hydrogen) atoms.